The van der Waals surface area contributed by atoms with Crippen molar-refractivity contribution in [2.45, 2.75) is 24.7 Å². The van der Waals surface area contributed by atoms with Gasteiger partial charge >= 0.3 is 0 Å². The molecule has 0 aliphatic rings. The van der Waals surface area contributed by atoms with E-state index < -0.39 is 10.0 Å². The van der Waals surface area contributed by atoms with E-state index in [2.05, 4.69) is 13.8 Å². The highest BCUT2D eigenvalue weighted by Crippen LogP contribution is 2.27. The van der Waals surface area contributed by atoms with Crippen molar-refractivity contribution in [1.82, 2.24) is 0 Å². The molecule has 0 saturated carbocycles. The second-order valence-corrected chi connectivity index (χ2v) is 8.58. The maximum atomic E-state index is 13.0. The Morgan fingerprint density at radius 1 is 0.769 bits per heavy atom. The summed E-state index contributed by atoms with van der Waals surface area (Å²) in [5.41, 5.74) is 3.84. The SMILES string of the molecule is CC(C)c1cccc(N(C)S(=O)(=O)c2ccc(-c3ccccc3)cc2)c1. The van der Waals surface area contributed by atoms with E-state index in [0.29, 0.717) is 11.6 Å². The third kappa shape index (κ3) is 3.65. The van der Waals surface area contributed by atoms with Crippen LogP contribution in [0, 0.1) is 0 Å². The molecule has 26 heavy (non-hydrogen) atoms. The van der Waals surface area contributed by atoms with Crippen LogP contribution in [0.4, 0.5) is 5.69 Å². The summed E-state index contributed by atoms with van der Waals surface area (Å²) in [6, 6.07) is 24.6. The highest BCUT2D eigenvalue weighted by Gasteiger charge is 2.21. The molecule has 0 radical (unpaired) electrons. The minimum Gasteiger partial charge on any atom is -0.269 e. The van der Waals surface area contributed by atoms with Gasteiger partial charge in [0.1, 0.15) is 0 Å². The van der Waals surface area contributed by atoms with Gasteiger partial charge in [-0.05, 0) is 46.9 Å². The molecule has 0 spiro atoms. The van der Waals surface area contributed by atoms with Crippen LogP contribution in [0.25, 0.3) is 11.1 Å². The molecule has 0 unspecified atom stereocenters. The summed E-state index contributed by atoms with van der Waals surface area (Å²) in [7, 11) is -2.00. The first-order valence-electron chi connectivity index (χ1n) is 8.64. The minimum atomic E-state index is -3.60. The van der Waals surface area contributed by atoms with Gasteiger partial charge in [-0.15, -0.1) is 0 Å². The number of hydrogen-bond donors (Lipinski definition) is 0. The third-order valence-electron chi connectivity index (χ3n) is 4.52. The first-order chi connectivity index (χ1) is 12.4. The van der Waals surface area contributed by atoms with Gasteiger partial charge in [0, 0.05) is 7.05 Å². The van der Waals surface area contributed by atoms with Crippen molar-refractivity contribution in [2.24, 2.45) is 0 Å². The average Bonchev–Trinajstić information content (AvgIpc) is 2.68. The minimum absolute atomic E-state index is 0.287. The zero-order valence-electron chi connectivity index (χ0n) is 15.3. The van der Waals surface area contributed by atoms with Crippen LogP contribution in [0.1, 0.15) is 25.3 Å². The Morgan fingerprint density at radius 2 is 1.38 bits per heavy atom. The summed E-state index contributed by atoms with van der Waals surface area (Å²) in [6.45, 7) is 4.19. The first kappa shape index (κ1) is 18.2. The van der Waals surface area contributed by atoms with Crippen LogP contribution in [0.15, 0.2) is 83.8 Å². The highest BCUT2D eigenvalue weighted by molar-refractivity contribution is 7.92. The van der Waals surface area contributed by atoms with E-state index in [9.17, 15) is 8.42 Å². The van der Waals surface area contributed by atoms with E-state index in [0.717, 1.165) is 16.7 Å². The fourth-order valence-electron chi connectivity index (χ4n) is 2.83. The number of rotatable bonds is 5. The van der Waals surface area contributed by atoms with Crippen molar-refractivity contribution in [1.29, 1.82) is 0 Å². The molecule has 0 aliphatic carbocycles. The van der Waals surface area contributed by atoms with Crippen LogP contribution >= 0.6 is 0 Å². The standard InChI is InChI=1S/C22H23NO2S/c1-17(2)20-10-7-11-21(16-20)23(3)26(24,25)22-14-12-19(13-15-22)18-8-5-4-6-9-18/h4-17H,1-3H3. The van der Waals surface area contributed by atoms with Crippen molar-refractivity contribution in [2.75, 3.05) is 11.4 Å². The van der Waals surface area contributed by atoms with Crippen LogP contribution in [0.5, 0.6) is 0 Å². The summed E-state index contributed by atoms with van der Waals surface area (Å²) < 4.78 is 27.3. The summed E-state index contributed by atoms with van der Waals surface area (Å²) in [4.78, 5) is 0.287. The van der Waals surface area contributed by atoms with Gasteiger partial charge in [0.15, 0.2) is 0 Å². The molecule has 0 N–H and O–H groups in total. The maximum absolute atomic E-state index is 13.0. The fraction of sp³-hybridized carbons (Fsp3) is 0.182. The van der Waals surface area contributed by atoms with E-state index >= 15 is 0 Å². The van der Waals surface area contributed by atoms with E-state index in [-0.39, 0.29) is 4.90 Å². The third-order valence-corrected chi connectivity index (χ3v) is 6.32. The second-order valence-electron chi connectivity index (χ2n) is 6.61. The Kier molecular flexibility index (Phi) is 5.14. The highest BCUT2D eigenvalue weighted by atomic mass is 32.2. The molecule has 0 heterocycles. The Hall–Kier alpha value is -2.59. The second kappa shape index (κ2) is 7.34. The van der Waals surface area contributed by atoms with Crippen LogP contribution in [0.2, 0.25) is 0 Å². The van der Waals surface area contributed by atoms with Gasteiger partial charge in [-0.25, -0.2) is 8.42 Å². The normalized spacial score (nSPS) is 11.5. The lowest BCUT2D eigenvalue weighted by molar-refractivity contribution is 0.594. The number of benzene rings is 3. The topological polar surface area (TPSA) is 37.4 Å². The van der Waals surface area contributed by atoms with Crippen molar-refractivity contribution in [3.05, 3.63) is 84.4 Å². The predicted molar refractivity (Wildman–Crippen MR) is 108 cm³/mol. The molecule has 0 amide bonds. The van der Waals surface area contributed by atoms with Gasteiger partial charge in [0.25, 0.3) is 10.0 Å². The number of anilines is 1. The lowest BCUT2D eigenvalue weighted by atomic mass is 10.0. The van der Waals surface area contributed by atoms with E-state index in [4.69, 9.17) is 0 Å². The predicted octanol–water partition coefficient (Wildman–Crippen LogP) is 5.30. The van der Waals surface area contributed by atoms with E-state index in [1.807, 2.05) is 66.7 Å². The van der Waals surface area contributed by atoms with E-state index in [1.54, 1.807) is 19.2 Å². The Bertz CT molecular complexity index is 978. The maximum Gasteiger partial charge on any atom is 0.264 e. The number of sulfonamides is 1. The van der Waals surface area contributed by atoms with Crippen LogP contribution < -0.4 is 4.31 Å². The van der Waals surface area contributed by atoms with Gasteiger partial charge in [0.2, 0.25) is 0 Å². The van der Waals surface area contributed by atoms with Crippen LogP contribution in [-0.2, 0) is 10.0 Å². The van der Waals surface area contributed by atoms with Crippen molar-refractivity contribution in [3.63, 3.8) is 0 Å². The van der Waals surface area contributed by atoms with Gasteiger partial charge in [-0.1, -0.05) is 68.4 Å². The van der Waals surface area contributed by atoms with Crippen LogP contribution in [-0.4, -0.2) is 15.5 Å². The molecule has 3 rings (SSSR count). The Balaban J connectivity index is 1.91. The van der Waals surface area contributed by atoms with Crippen LogP contribution in [0.3, 0.4) is 0 Å². The Morgan fingerprint density at radius 3 is 2.00 bits per heavy atom. The molecule has 0 aromatic heterocycles. The largest absolute Gasteiger partial charge is 0.269 e. The lowest BCUT2D eigenvalue weighted by Gasteiger charge is -2.21. The quantitative estimate of drug-likeness (QED) is 0.615. The molecule has 0 bridgehead atoms. The first-order valence-corrected chi connectivity index (χ1v) is 10.1. The molecular formula is C22H23NO2S. The molecule has 0 aliphatic heterocycles. The molecule has 0 saturated heterocycles. The van der Waals surface area contributed by atoms with E-state index in [1.165, 1.54) is 4.31 Å². The van der Waals surface area contributed by atoms with Crippen molar-refractivity contribution >= 4 is 15.7 Å². The number of hydrogen-bond acceptors (Lipinski definition) is 2. The molecule has 4 heteroatoms. The van der Waals surface area contributed by atoms with Crippen molar-refractivity contribution < 1.29 is 8.42 Å². The molecule has 3 aromatic rings. The summed E-state index contributed by atoms with van der Waals surface area (Å²) in [5, 5.41) is 0. The lowest BCUT2D eigenvalue weighted by Crippen LogP contribution is -2.26. The summed E-state index contributed by atoms with van der Waals surface area (Å²) in [5.74, 6) is 0.344. The molecule has 0 atom stereocenters. The average molecular weight is 365 g/mol. The monoisotopic (exact) mass is 365 g/mol. The fourth-order valence-corrected chi connectivity index (χ4v) is 4.01. The van der Waals surface area contributed by atoms with Gasteiger partial charge < -0.3 is 0 Å². The molecule has 3 nitrogen and oxygen atoms in total. The summed E-state index contributed by atoms with van der Waals surface area (Å²) in [6.07, 6.45) is 0. The molecule has 134 valence electrons. The molecule has 3 aromatic carbocycles. The van der Waals surface area contributed by atoms with Gasteiger partial charge in [-0.3, -0.25) is 4.31 Å². The molecule has 0 fully saturated rings. The zero-order chi connectivity index (χ0) is 18.7. The zero-order valence-corrected chi connectivity index (χ0v) is 16.1. The molecular weight excluding hydrogens is 342 g/mol. The van der Waals surface area contributed by atoms with Gasteiger partial charge in [0.05, 0.1) is 10.6 Å². The Labute approximate surface area is 156 Å². The van der Waals surface area contributed by atoms with Gasteiger partial charge in [-0.2, -0.15) is 0 Å². The van der Waals surface area contributed by atoms with Crippen molar-refractivity contribution in [3.8, 4) is 11.1 Å². The summed E-state index contributed by atoms with van der Waals surface area (Å²) >= 11 is 0. The smallest absolute Gasteiger partial charge is 0.264 e. The number of nitrogens with zero attached hydrogens (tertiary/aromatic N) is 1.